The number of hydrogen-bond donors (Lipinski definition) is 0. The number of aryl methyl sites for hydroxylation is 1. The van der Waals surface area contributed by atoms with Crippen molar-refractivity contribution in [3.63, 3.8) is 0 Å². The van der Waals surface area contributed by atoms with Crippen LogP contribution in [0.3, 0.4) is 0 Å². The molecule has 0 spiro atoms. The summed E-state index contributed by atoms with van der Waals surface area (Å²) in [5.41, 5.74) is 1.65. The molecule has 0 N–H and O–H groups in total. The number of para-hydroxylation sites is 2. The lowest BCUT2D eigenvalue weighted by Gasteiger charge is -2.39. The van der Waals surface area contributed by atoms with E-state index in [-0.39, 0.29) is 11.7 Å². The predicted octanol–water partition coefficient (Wildman–Crippen LogP) is 8.00. The fourth-order valence-corrected chi connectivity index (χ4v) is 6.92. The quantitative estimate of drug-likeness (QED) is 0.122. The van der Waals surface area contributed by atoms with Gasteiger partial charge in [0.25, 0.3) is 0 Å². The molecule has 1 amide bonds. The van der Waals surface area contributed by atoms with Crippen LogP contribution in [0.1, 0.15) is 95.3 Å². The first-order valence-electron chi connectivity index (χ1n) is 17.5. The fraction of sp³-hybridized carbons (Fsp3) is 0.513. The number of carbonyl (C=O) groups excluding carboxylic acids is 2. The molecule has 4 rings (SSSR count). The molecular formula is C39H54N4O2S. The number of allylic oxidation sites excluding steroid dienone is 6. The Morgan fingerprint density at radius 1 is 0.826 bits per heavy atom. The lowest BCUT2D eigenvalue weighted by molar-refractivity contribution is -0.120. The fourth-order valence-electron chi connectivity index (χ4n) is 6.03. The number of benzene rings is 1. The van der Waals surface area contributed by atoms with Crippen LogP contribution in [-0.2, 0) is 9.59 Å². The first kappa shape index (κ1) is 35.6. The second-order valence-electron chi connectivity index (χ2n) is 12.5. The normalized spacial score (nSPS) is 15.5. The smallest absolute Gasteiger partial charge is 0.232 e. The standard InChI is InChI=1S/C39H54N4O2S/c1-4-5-6-7-8-9-10-11-12-13-14-15-16-17-18-22-33(44)23-21-26-37(45)43-36-25-20-19-24-35(36)40-38-34(31-32(2)46-38)39(43)42-29-27-41(3)28-30-42/h5-6,8-9,11-12,19-20,24-25,31H,4,7,10,13-18,21-23,26-30H2,1-3H3/b6-5-,9-8-,12-11-. The zero-order chi connectivity index (χ0) is 32.6. The van der Waals surface area contributed by atoms with Gasteiger partial charge in [0, 0.05) is 50.3 Å². The first-order chi connectivity index (χ1) is 22.5. The van der Waals surface area contributed by atoms with Crippen LogP contribution in [0.5, 0.6) is 0 Å². The summed E-state index contributed by atoms with van der Waals surface area (Å²) in [5, 5.41) is 1.03. The highest BCUT2D eigenvalue weighted by molar-refractivity contribution is 7.09. The number of rotatable bonds is 18. The van der Waals surface area contributed by atoms with Gasteiger partial charge in [-0.25, -0.2) is 4.99 Å². The van der Waals surface area contributed by atoms with Crippen molar-refractivity contribution in [2.45, 2.75) is 97.3 Å². The van der Waals surface area contributed by atoms with Crippen LogP contribution in [-0.4, -0.2) is 54.7 Å². The van der Waals surface area contributed by atoms with Crippen LogP contribution in [0, 0.1) is 6.92 Å². The lowest BCUT2D eigenvalue weighted by atomic mass is 10.0. The maximum atomic E-state index is 14.0. The van der Waals surface area contributed by atoms with Crippen molar-refractivity contribution in [2.75, 3.05) is 38.1 Å². The van der Waals surface area contributed by atoms with Gasteiger partial charge in [0.1, 0.15) is 16.3 Å². The van der Waals surface area contributed by atoms with E-state index < -0.39 is 0 Å². The van der Waals surface area contributed by atoms with E-state index >= 15 is 0 Å². The Morgan fingerprint density at radius 3 is 2.28 bits per heavy atom. The first-order valence-corrected chi connectivity index (χ1v) is 18.3. The Labute approximate surface area is 280 Å². The van der Waals surface area contributed by atoms with Gasteiger partial charge in [0.15, 0.2) is 0 Å². The van der Waals surface area contributed by atoms with E-state index in [0.29, 0.717) is 25.7 Å². The number of ketones is 1. The Hall–Kier alpha value is -3.29. The van der Waals surface area contributed by atoms with Crippen LogP contribution in [0.15, 0.2) is 71.8 Å². The summed E-state index contributed by atoms with van der Waals surface area (Å²) in [5.74, 6) is 1.26. The second-order valence-corrected chi connectivity index (χ2v) is 13.7. The summed E-state index contributed by atoms with van der Waals surface area (Å²) in [6.07, 6.45) is 25.4. The Balaban J connectivity index is 1.22. The molecule has 0 bridgehead atoms. The van der Waals surface area contributed by atoms with E-state index in [2.05, 4.69) is 73.2 Å². The van der Waals surface area contributed by atoms with E-state index in [0.717, 1.165) is 91.8 Å². The minimum absolute atomic E-state index is 0.0373. The van der Waals surface area contributed by atoms with Crippen molar-refractivity contribution in [1.29, 1.82) is 0 Å². The second kappa shape index (κ2) is 19.4. The summed E-state index contributed by atoms with van der Waals surface area (Å²) < 4.78 is 0.958. The molecule has 0 aliphatic carbocycles. The molecule has 2 aromatic rings. The molecule has 46 heavy (non-hydrogen) atoms. The average Bonchev–Trinajstić information content (AvgIpc) is 3.35. The molecule has 1 saturated heterocycles. The van der Waals surface area contributed by atoms with E-state index in [1.807, 2.05) is 29.2 Å². The van der Waals surface area contributed by atoms with E-state index in [9.17, 15) is 9.59 Å². The third-order valence-electron chi connectivity index (χ3n) is 8.64. The SMILES string of the molecule is CC/C=C\C/C=C\C/C=C\CCCCCCCC(=O)CCCC(=O)N1C(N2CCN(C)CC2)=c2cc(C)sc2=Nc2ccccc21. The van der Waals surface area contributed by atoms with Gasteiger partial charge in [0.05, 0.1) is 16.6 Å². The number of Topliss-reactive ketones (excluding diaryl/α,β-unsaturated/α-hetero) is 1. The summed E-state index contributed by atoms with van der Waals surface area (Å²) >= 11 is 1.68. The number of anilines is 1. The number of amides is 1. The molecular weight excluding hydrogens is 589 g/mol. The summed E-state index contributed by atoms with van der Waals surface area (Å²) in [6.45, 7) is 7.87. The molecule has 7 heteroatoms. The van der Waals surface area contributed by atoms with Crippen LogP contribution in [0.2, 0.25) is 0 Å². The molecule has 0 atom stereocenters. The van der Waals surface area contributed by atoms with E-state index in [1.54, 1.807) is 11.3 Å². The zero-order valence-electron chi connectivity index (χ0n) is 28.4. The molecule has 0 unspecified atom stereocenters. The molecule has 1 aromatic heterocycles. The van der Waals surface area contributed by atoms with Gasteiger partial charge in [0.2, 0.25) is 5.91 Å². The van der Waals surface area contributed by atoms with Gasteiger partial charge < -0.3 is 9.80 Å². The van der Waals surface area contributed by atoms with Gasteiger partial charge in [-0.15, -0.1) is 11.3 Å². The molecule has 3 heterocycles. The molecule has 2 aliphatic heterocycles. The van der Waals surface area contributed by atoms with Crippen LogP contribution >= 0.6 is 11.3 Å². The van der Waals surface area contributed by atoms with Gasteiger partial charge in [-0.3, -0.25) is 14.5 Å². The molecule has 248 valence electrons. The molecule has 0 radical (unpaired) electrons. The van der Waals surface area contributed by atoms with Gasteiger partial charge in [-0.2, -0.15) is 0 Å². The molecule has 1 aromatic carbocycles. The Morgan fingerprint density at radius 2 is 1.50 bits per heavy atom. The topological polar surface area (TPSA) is 56.2 Å². The van der Waals surface area contributed by atoms with Crippen molar-refractivity contribution in [3.8, 4) is 0 Å². The van der Waals surface area contributed by atoms with Gasteiger partial charge in [-0.05, 0) is 77.1 Å². The molecule has 6 nitrogen and oxygen atoms in total. The molecule has 2 aliphatic rings. The largest absolute Gasteiger partial charge is 0.354 e. The van der Waals surface area contributed by atoms with Crippen molar-refractivity contribution >= 4 is 40.2 Å². The number of fused-ring (bicyclic) bond motifs is 2. The molecule has 1 fully saturated rings. The Bertz CT molecular complexity index is 1480. The van der Waals surface area contributed by atoms with Gasteiger partial charge >= 0.3 is 0 Å². The van der Waals surface area contributed by atoms with Crippen molar-refractivity contribution in [1.82, 2.24) is 9.80 Å². The lowest BCUT2D eigenvalue weighted by Crippen LogP contribution is -2.50. The highest BCUT2D eigenvalue weighted by Crippen LogP contribution is 2.34. The monoisotopic (exact) mass is 642 g/mol. The van der Waals surface area contributed by atoms with Gasteiger partial charge in [-0.1, -0.05) is 74.8 Å². The number of carbonyl (C=O) groups is 2. The number of unbranched alkanes of at least 4 members (excludes halogenated alkanes) is 5. The maximum absolute atomic E-state index is 14.0. The minimum atomic E-state index is 0.0373. The zero-order valence-corrected chi connectivity index (χ0v) is 29.2. The van der Waals surface area contributed by atoms with Crippen molar-refractivity contribution in [3.05, 3.63) is 81.6 Å². The van der Waals surface area contributed by atoms with Crippen molar-refractivity contribution in [2.24, 2.45) is 4.99 Å². The highest BCUT2D eigenvalue weighted by atomic mass is 32.1. The third-order valence-corrected chi connectivity index (χ3v) is 9.58. The number of hydrogen-bond acceptors (Lipinski definition) is 6. The van der Waals surface area contributed by atoms with E-state index in [4.69, 9.17) is 4.99 Å². The number of likely N-dealkylation sites (N-methyl/N-ethyl adjacent to an activating group) is 1. The van der Waals surface area contributed by atoms with E-state index in [1.165, 1.54) is 24.1 Å². The average molecular weight is 643 g/mol. The van der Waals surface area contributed by atoms with Crippen LogP contribution < -0.4 is 14.8 Å². The predicted molar refractivity (Wildman–Crippen MR) is 194 cm³/mol. The number of piperazine rings is 1. The van der Waals surface area contributed by atoms with Crippen molar-refractivity contribution < 1.29 is 9.59 Å². The molecule has 0 saturated carbocycles. The summed E-state index contributed by atoms with van der Waals surface area (Å²) in [6, 6.07) is 10.1. The number of nitrogens with zero attached hydrogens (tertiary/aromatic N) is 4. The third kappa shape index (κ3) is 10.9. The maximum Gasteiger partial charge on any atom is 0.232 e. The summed E-state index contributed by atoms with van der Waals surface area (Å²) in [4.78, 5) is 39.6. The minimum Gasteiger partial charge on any atom is -0.354 e. The number of thiophene rings is 1. The Kier molecular flexibility index (Phi) is 15.0. The van der Waals surface area contributed by atoms with Crippen LogP contribution in [0.4, 0.5) is 11.4 Å². The highest BCUT2D eigenvalue weighted by Gasteiger charge is 2.30. The summed E-state index contributed by atoms with van der Waals surface area (Å²) in [7, 11) is 2.15. The van der Waals surface area contributed by atoms with Crippen LogP contribution in [0.25, 0.3) is 5.82 Å².